The fraction of sp³-hybridized carbons (Fsp3) is 0.571. The number of methoxy groups -OCH3 is 1. The average molecular weight is 255 g/mol. The lowest BCUT2D eigenvalue weighted by Crippen LogP contribution is -2.25. The van der Waals surface area contributed by atoms with E-state index in [2.05, 4.69) is 5.32 Å². The maximum Gasteiger partial charge on any atom is 0.134 e. The van der Waals surface area contributed by atoms with Gasteiger partial charge >= 0.3 is 0 Å². The molecule has 0 radical (unpaired) electrons. The Hall–Kier alpha value is -1.16. The van der Waals surface area contributed by atoms with Crippen LogP contribution in [-0.4, -0.2) is 14.2 Å². The Balaban J connectivity index is 2.23. The summed E-state index contributed by atoms with van der Waals surface area (Å²) in [5.41, 5.74) is 0.130. The van der Waals surface area contributed by atoms with Crippen LogP contribution in [0.4, 0.5) is 8.78 Å². The lowest BCUT2D eigenvalue weighted by Gasteiger charge is -2.30. The first-order valence-corrected chi connectivity index (χ1v) is 6.36. The molecule has 2 nitrogen and oxygen atoms in total. The summed E-state index contributed by atoms with van der Waals surface area (Å²) in [5.74, 6) is -0.272. The van der Waals surface area contributed by atoms with Gasteiger partial charge in [0, 0.05) is 23.7 Å². The highest BCUT2D eigenvalue weighted by atomic mass is 19.1. The fourth-order valence-electron chi connectivity index (χ4n) is 2.45. The molecule has 0 aromatic heterocycles. The van der Waals surface area contributed by atoms with Gasteiger partial charge in [0.05, 0.1) is 7.11 Å². The highest BCUT2D eigenvalue weighted by molar-refractivity contribution is 5.32. The van der Waals surface area contributed by atoms with E-state index in [0.717, 1.165) is 19.3 Å². The van der Waals surface area contributed by atoms with Gasteiger partial charge in [0.1, 0.15) is 17.4 Å². The fourth-order valence-corrected chi connectivity index (χ4v) is 2.45. The normalized spacial score (nSPS) is 17.3. The number of hydrogen-bond donors (Lipinski definition) is 1. The topological polar surface area (TPSA) is 21.3 Å². The molecule has 0 amide bonds. The number of halogens is 2. The summed E-state index contributed by atoms with van der Waals surface area (Å²) in [4.78, 5) is 0. The molecule has 1 fully saturated rings. The van der Waals surface area contributed by atoms with Crippen molar-refractivity contribution < 1.29 is 13.5 Å². The van der Waals surface area contributed by atoms with Gasteiger partial charge in [-0.1, -0.05) is 19.3 Å². The van der Waals surface area contributed by atoms with Crippen molar-refractivity contribution in [3.05, 3.63) is 29.3 Å². The smallest absolute Gasteiger partial charge is 0.134 e. The Kier molecular flexibility index (Phi) is 4.17. The molecular formula is C14H19F2NO. The third kappa shape index (κ3) is 2.64. The molecule has 0 saturated heterocycles. The van der Waals surface area contributed by atoms with Crippen molar-refractivity contribution in [1.29, 1.82) is 0 Å². The molecule has 0 heterocycles. The lowest BCUT2D eigenvalue weighted by atomic mass is 9.79. The molecule has 4 heteroatoms. The average Bonchev–Trinajstić information content (AvgIpc) is 2.29. The van der Waals surface area contributed by atoms with Crippen molar-refractivity contribution in [1.82, 2.24) is 5.32 Å². The summed E-state index contributed by atoms with van der Waals surface area (Å²) in [6.45, 7) is 0. The standard InChI is InChI=1S/C14H19F2NO/c1-17-13(6-9-4-3-5-9)14-11(15)7-10(18-2)8-12(14)16/h7-9,13,17H,3-6H2,1-2H3. The molecular weight excluding hydrogens is 236 g/mol. The molecule has 1 aromatic carbocycles. The molecule has 2 rings (SSSR count). The minimum atomic E-state index is -0.537. The molecule has 1 atom stereocenters. The monoisotopic (exact) mass is 255 g/mol. The first kappa shape index (κ1) is 13.3. The van der Waals surface area contributed by atoms with Gasteiger partial charge < -0.3 is 10.1 Å². The zero-order chi connectivity index (χ0) is 13.1. The van der Waals surface area contributed by atoms with Crippen molar-refractivity contribution in [2.24, 2.45) is 5.92 Å². The minimum Gasteiger partial charge on any atom is -0.497 e. The predicted molar refractivity (Wildman–Crippen MR) is 66.7 cm³/mol. The summed E-state index contributed by atoms with van der Waals surface area (Å²) in [6.07, 6.45) is 4.35. The van der Waals surface area contributed by atoms with Crippen LogP contribution >= 0.6 is 0 Å². The Bertz CT molecular complexity index is 395. The summed E-state index contributed by atoms with van der Waals surface area (Å²) in [5, 5.41) is 3.02. The van der Waals surface area contributed by atoms with E-state index < -0.39 is 11.6 Å². The van der Waals surface area contributed by atoms with Gasteiger partial charge in [-0.05, 0) is 19.4 Å². The van der Waals surface area contributed by atoms with Crippen LogP contribution in [0.1, 0.15) is 37.3 Å². The Morgan fingerprint density at radius 1 is 1.33 bits per heavy atom. The Labute approximate surface area is 106 Å². The maximum absolute atomic E-state index is 13.9. The molecule has 0 spiro atoms. The molecule has 18 heavy (non-hydrogen) atoms. The maximum atomic E-state index is 13.9. The highest BCUT2D eigenvalue weighted by Gasteiger charge is 2.26. The Morgan fingerprint density at radius 2 is 1.94 bits per heavy atom. The first-order valence-electron chi connectivity index (χ1n) is 6.36. The molecule has 1 unspecified atom stereocenters. The molecule has 1 aliphatic carbocycles. The SMILES string of the molecule is CNC(CC1CCC1)c1c(F)cc(OC)cc1F. The molecule has 1 N–H and O–H groups in total. The molecule has 1 aromatic rings. The van der Waals surface area contributed by atoms with Crippen LogP contribution in [0.5, 0.6) is 5.75 Å². The summed E-state index contributed by atoms with van der Waals surface area (Å²) >= 11 is 0. The third-order valence-corrected chi connectivity index (χ3v) is 3.78. The van der Waals surface area contributed by atoms with Crippen LogP contribution < -0.4 is 10.1 Å². The van der Waals surface area contributed by atoms with Crippen LogP contribution in [0.2, 0.25) is 0 Å². The van der Waals surface area contributed by atoms with Crippen LogP contribution in [-0.2, 0) is 0 Å². The van der Waals surface area contributed by atoms with E-state index in [0.29, 0.717) is 5.92 Å². The lowest BCUT2D eigenvalue weighted by molar-refractivity contribution is 0.260. The van der Waals surface area contributed by atoms with Gasteiger partial charge in [-0.25, -0.2) is 8.78 Å². The number of ether oxygens (including phenoxy) is 1. The zero-order valence-corrected chi connectivity index (χ0v) is 10.8. The quantitative estimate of drug-likeness (QED) is 0.870. The molecule has 1 aliphatic rings. The molecule has 100 valence electrons. The summed E-state index contributed by atoms with van der Waals surface area (Å²) in [7, 11) is 3.14. The van der Waals surface area contributed by atoms with Crippen molar-refractivity contribution in [2.75, 3.05) is 14.2 Å². The van der Waals surface area contributed by atoms with Crippen LogP contribution in [0.25, 0.3) is 0 Å². The van der Waals surface area contributed by atoms with E-state index in [1.165, 1.54) is 25.7 Å². The van der Waals surface area contributed by atoms with Crippen LogP contribution in [0.3, 0.4) is 0 Å². The second kappa shape index (κ2) is 5.65. The van der Waals surface area contributed by atoms with Gasteiger partial charge in [0.2, 0.25) is 0 Å². The van der Waals surface area contributed by atoms with Gasteiger partial charge in [0.15, 0.2) is 0 Å². The van der Waals surface area contributed by atoms with Gasteiger partial charge in [0.25, 0.3) is 0 Å². The van der Waals surface area contributed by atoms with Crippen molar-refractivity contribution in [3.8, 4) is 5.75 Å². The number of hydrogen-bond acceptors (Lipinski definition) is 2. The van der Waals surface area contributed by atoms with Crippen LogP contribution in [0.15, 0.2) is 12.1 Å². The van der Waals surface area contributed by atoms with E-state index in [1.54, 1.807) is 7.05 Å². The summed E-state index contributed by atoms with van der Waals surface area (Å²) < 4.78 is 32.8. The third-order valence-electron chi connectivity index (χ3n) is 3.78. The number of benzene rings is 1. The van der Waals surface area contributed by atoms with Gasteiger partial charge in [-0.3, -0.25) is 0 Å². The summed E-state index contributed by atoms with van der Waals surface area (Å²) in [6, 6.07) is 2.22. The van der Waals surface area contributed by atoms with E-state index >= 15 is 0 Å². The zero-order valence-electron chi connectivity index (χ0n) is 10.8. The van der Waals surface area contributed by atoms with Crippen molar-refractivity contribution in [2.45, 2.75) is 31.7 Å². The predicted octanol–water partition coefficient (Wildman–Crippen LogP) is 3.42. The number of rotatable bonds is 5. The second-order valence-corrected chi connectivity index (χ2v) is 4.88. The second-order valence-electron chi connectivity index (χ2n) is 4.88. The van der Waals surface area contributed by atoms with E-state index in [1.807, 2.05) is 0 Å². The first-order chi connectivity index (χ1) is 8.65. The Morgan fingerprint density at radius 3 is 2.33 bits per heavy atom. The van der Waals surface area contributed by atoms with Gasteiger partial charge in [-0.2, -0.15) is 0 Å². The van der Waals surface area contributed by atoms with Crippen LogP contribution in [0, 0.1) is 17.6 Å². The largest absolute Gasteiger partial charge is 0.497 e. The van der Waals surface area contributed by atoms with Gasteiger partial charge in [-0.15, -0.1) is 0 Å². The number of nitrogens with one attached hydrogen (secondary N) is 1. The molecule has 1 saturated carbocycles. The minimum absolute atomic E-state index is 0.130. The van der Waals surface area contributed by atoms with Crippen molar-refractivity contribution in [3.63, 3.8) is 0 Å². The highest BCUT2D eigenvalue weighted by Crippen LogP contribution is 2.36. The van der Waals surface area contributed by atoms with E-state index in [-0.39, 0.29) is 17.4 Å². The molecule has 0 aliphatic heterocycles. The van der Waals surface area contributed by atoms with E-state index in [4.69, 9.17) is 4.74 Å². The molecule has 0 bridgehead atoms. The van der Waals surface area contributed by atoms with Crippen molar-refractivity contribution >= 4 is 0 Å². The van der Waals surface area contributed by atoms with E-state index in [9.17, 15) is 8.78 Å².